The fourth-order valence-electron chi connectivity index (χ4n) is 11.0. The molecule has 0 aliphatic heterocycles. The third-order valence-electron chi connectivity index (χ3n) is 14.1. The van der Waals surface area contributed by atoms with Crippen LogP contribution in [0.3, 0.4) is 0 Å². The lowest BCUT2D eigenvalue weighted by molar-refractivity contribution is 0.772. The number of hydrogen-bond donors (Lipinski definition) is 0. The van der Waals surface area contributed by atoms with Crippen LogP contribution in [0.25, 0.3) is 82.2 Å². The van der Waals surface area contributed by atoms with Crippen LogP contribution in [0.15, 0.2) is 255 Å². The van der Waals surface area contributed by atoms with Gasteiger partial charge in [-0.25, -0.2) is 0 Å². The molecule has 0 amide bonds. The van der Waals surface area contributed by atoms with Crippen LogP contribution in [-0.2, 0) is 6.42 Å². The molecule has 0 radical (unpaired) electrons. The van der Waals surface area contributed by atoms with Crippen LogP contribution in [0.2, 0.25) is 0 Å². The highest BCUT2D eigenvalue weighted by atomic mass is 15.2. The third-order valence-corrected chi connectivity index (χ3v) is 14.1. The molecule has 0 spiro atoms. The minimum absolute atomic E-state index is 0.144. The Bertz CT molecular complexity index is 3840. The molecule has 13 rings (SSSR count). The first-order valence-corrected chi connectivity index (χ1v) is 23.7. The molecule has 12 aromatic rings. The molecule has 320 valence electrons. The maximum atomic E-state index is 2.51. The van der Waals surface area contributed by atoms with Crippen molar-refractivity contribution in [2.45, 2.75) is 12.5 Å². The van der Waals surface area contributed by atoms with Crippen LogP contribution >= 0.6 is 0 Å². The van der Waals surface area contributed by atoms with Gasteiger partial charge in [-0.2, -0.15) is 0 Å². The van der Waals surface area contributed by atoms with Crippen molar-refractivity contribution in [2.24, 2.45) is 0 Å². The molecule has 12 aromatic carbocycles. The Morgan fingerprint density at radius 1 is 0.279 bits per heavy atom. The van der Waals surface area contributed by atoms with Gasteiger partial charge in [0.15, 0.2) is 0 Å². The molecule has 0 heterocycles. The molecule has 0 saturated carbocycles. The summed E-state index contributed by atoms with van der Waals surface area (Å²) in [7, 11) is 0. The summed E-state index contributed by atoms with van der Waals surface area (Å²) < 4.78 is 0. The summed E-state index contributed by atoms with van der Waals surface area (Å²) in [5, 5.41) is 12.9. The Morgan fingerprint density at radius 2 is 0.691 bits per heavy atom. The van der Waals surface area contributed by atoms with Crippen molar-refractivity contribution >= 4 is 88.4 Å². The topological polar surface area (TPSA) is 6.48 Å². The second-order valence-electron chi connectivity index (χ2n) is 18.0. The highest BCUT2D eigenvalue weighted by molar-refractivity contribution is 6.26. The molecule has 0 aromatic heterocycles. The number of benzene rings is 12. The number of fused-ring (bicyclic) bond motifs is 12. The van der Waals surface area contributed by atoms with E-state index in [1.54, 1.807) is 0 Å². The first-order valence-electron chi connectivity index (χ1n) is 23.7. The minimum Gasteiger partial charge on any atom is -0.334 e. The van der Waals surface area contributed by atoms with Crippen molar-refractivity contribution in [3.8, 4) is 22.3 Å². The van der Waals surface area contributed by atoms with Crippen LogP contribution in [0.1, 0.15) is 11.1 Å². The highest BCUT2D eigenvalue weighted by Gasteiger charge is 2.26. The molecule has 68 heavy (non-hydrogen) atoms. The van der Waals surface area contributed by atoms with Crippen LogP contribution in [-0.4, -0.2) is 6.04 Å². The molecular formula is C66H46N2. The number of rotatable bonds is 8. The fraction of sp³-hybridized carbons (Fsp3) is 0.0303. The standard InChI is InChI=1S/C66H46N2/c1-3-18-49(19-4-1)67(53-38-40-63-59-26-9-7-22-55(59)57-24-11-13-28-61(57)65(63)43-53)51-34-30-45(31-35-51)47-16-15-17-48(42-47)46-32-36-52(37-33-46)68(50-20-5-2-6-21-50)54-39-41-64-60-27-10-8-23-56(60)58-25-12-14-29-62(58)66(64)44-54/h1-43,54H,44H2. The van der Waals surface area contributed by atoms with Crippen molar-refractivity contribution in [3.05, 3.63) is 266 Å². The van der Waals surface area contributed by atoms with E-state index < -0.39 is 0 Å². The van der Waals surface area contributed by atoms with Gasteiger partial charge in [0.25, 0.3) is 0 Å². The zero-order valence-electron chi connectivity index (χ0n) is 37.5. The molecule has 1 aliphatic carbocycles. The van der Waals surface area contributed by atoms with Crippen LogP contribution in [0.4, 0.5) is 28.4 Å². The van der Waals surface area contributed by atoms with Crippen molar-refractivity contribution in [1.29, 1.82) is 0 Å². The van der Waals surface area contributed by atoms with Gasteiger partial charge in [0.1, 0.15) is 0 Å². The highest BCUT2D eigenvalue weighted by Crippen LogP contribution is 2.43. The smallest absolute Gasteiger partial charge is 0.0566 e. The van der Waals surface area contributed by atoms with Crippen molar-refractivity contribution in [1.82, 2.24) is 0 Å². The van der Waals surface area contributed by atoms with E-state index in [-0.39, 0.29) is 6.04 Å². The van der Waals surface area contributed by atoms with Gasteiger partial charge in [0.2, 0.25) is 0 Å². The van der Waals surface area contributed by atoms with Gasteiger partial charge in [-0.3, -0.25) is 0 Å². The van der Waals surface area contributed by atoms with Crippen LogP contribution in [0.5, 0.6) is 0 Å². The Labute approximate surface area is 396 Å². The summed E-state index contributed by atoms with van der Waals surface area (Å²) >= 11 is 0. The van der Waals surface area contributed by atoms with Gasteiger partial charge in [-0.1, -0.05) is 194 Å². The van der Waals surface area contributed by atoms with Crippen molar-refractivity contribution < 1.29 is 0 Å². The molecule has 0 N–H and O–H groups in total. The molecule has 2 nitrogen and oxygen atoms in total. The second-order valence-corrected chi connectivity index (χ2v) is 18.0. The van der Waals surface area contributed by atoms with Gasteiger partial charge in [0.05, 0.1) is 6.04 Å². The Hall–Kier alpha value is -8.72. The Balaban J connectivity index is 0.819. The van der Waals surface area contributed by atoms with E-state index in [1.165, 1.54) is 98.6 Å². The minimum atomic E-state index is 0.144. The summed E-state index contributed by atoms with van der Waals surface area (Å²) in [5.74, 6) is 0. The second kappa shape index (κ2) is 16.6. The molecule has 1 aliphatic rings. The van der Waals surface area contributed by atoms with Crippen LogP contribution < -0.4 is 9.80 Å². The number of anilines is 5. The summed E-state index contributed by atoms with van der Waals surface area (Å²) in [5.41, 5.74) is 13.2. The van der Waals surface area contributed by atoms with Crippen molar-refractivity contribution in [3.63, 3.8) is 0 Å². The van der Waals surface area contributed by atoms with Gasteiger partial charge in [-0.05, 0) is 160 Å². The molecule has 2 heteroatoms. The van der Waals surface area contributed by atoms with Gasteiger partial charge < -0.3 is 9.80 Å². The summed E-state index contributed by atoms with van der Waals surface area (Å²) in [4.78, 5) is 4.88. The summed E-state index contributed by atoms with van der Waals surface area (Å²) in [6, 6.07) is 91.1. The lowest BCUT2D eigenvalue weighted by Gasteiger charge is -2.35. The molecule has 1 atom stereocenters. The lowest BCUT2D eigenvalue weighted by atomic mass is 9.84. The van der Waals surface area contributed by atoms with Gasteiger partial charge in [0, 0.05) is 28.4 Å². The van der Waals surface area contributed by atoms with Gasteiger partial charge in [-0.15, -0.1) is 0 Å². The van der Waals surface area contributed by atoms with E-state index in [0.717, 1.165) is 23.5 Å². The zero-order chi connectivity index (χ0) is 45.0. The predicted molar refractivity (Wildman–Crippen MR) is 291 cm³/mol. The zero-order valence-corrected chi connectivity index (χ0v) is 37.5. The van der Waals surface area contributed by atoms with Crippen molar-refractivity contribution in [2.75, 3.05) is 9.80 Å². The normalized spacial score (nSPS) is 13.3. The number of hydrogen-bond acceptors (Lipinski definition) is 2. The number of para-hydroxylation sites is 2. The maximum absolute atomic E-state index is 2.51. The molecule has 0 saturated heterocycles. The molecule has 0 fully saturated rings. The van der Waals surface area contributed by atoms with E-state index in [4.69, 9.17) is 0 Å². The average Bonchev–Trinajstić information content (AvgIpc) is 3.42. The Kier molecular flexibility index (Phi) is 9.68. The van der Waals surface area contributed by atoms with E-state index in [9.17, 15) is 0 Å². The predicted octanol–water partition coefficient (Wildman–Crippen LogP) is 18.0. The monoisotopic (exact) mass is 866 g/mol. The summed E-state index contributed by atoms with van der Waals surface area (Å²) in [6.07, 6.45) is 5.68. The first-order chi connectivity index (χ1) is 33.7. The van der Waals surface area contributed by atoms with E-state index in [0.29, 0.717) is 0 Å². The molecular weight excluding hydrogens is 821 g/mol. The SMILES string of the molecule is C1=CC(N(c2ccccc2)c2ccc(-c3cccc(-c4ccc(N(c5ccccc5)c5ccc6c7ccccc7c7ccccc7c6c5)cc4)c3)cc2)Cc2c1c1ccccc1c1ccccc21. The molecule has 0 bridgehead atoms. The molecule has 1 unspecified atom stereocenters. The average molecular weight is 867 g/mol. The van der Waals surface area contributed by atoms with E-state index in [1.807, 2.05) is 0 Å². The van der Waals surface area contributed by atoms with Gasteiger partial charge >= 0.3 is 0 Å². The third kappa shape index (κ3) is 6.81. The maximum Gasteiger partial charge on any atom is 0.0566 e. The largest absolute Gasteiger partial charge is 0.334 e. The van der Waals surface area contributed by atoms with E-state index >= 15 is 0 Å². The Morgan fingerprint density at radius 3 is 1.28 bits per heavy atom. The van der Waals surface area contributed by atoms with Crippen LogP contribution in [0, 0.1) is 0 Å². The first kappa shape index (κ1) is 39.6. The lowest BCUT2D eigenvalue weighted by Crippen LogP contribution is -2.33. The quantitative estimate of drug-likeness (QED) is 0.140. The summed E-state index contributed by atoms with van der Waals surface area (Å²) in [6.45, 7) is 0. The fourth-order valence-corrected chi connectivity index (χ4v) is 11.0. The number of nitrogens with zero attached hydrogens (tertiary/aromatic N) is 2. The van der Waals surface area contributed by atoms with E-state index in [2.05, 4.69) is 271 Å².